The molecule has 0 aliphatic carbocycles. The highest BCUT2D eigenvalue weighted by molar-refractivity contribution is 5.78. The summed E-state index contributed by atoms with van der Waals surface area (Å²) in [6.45, 7) is 2.67. The van der Waals surface area contributed by atoms with Crippen LogP contribution >= 0.6 is 0 Å². The Morgan fingerprint density at radius 3 is 2.79 bits per heavy atom. The van der Waals surface area contributed by atoms with Gasteiger partial charge in [-0.15, -0.1) is 0 Å². The van der Waals surface area contributed by atoms with Crippen LogP contribution in [-0.4, -0.2) is 43.7 Å². The molecule has 1 aliphatic heterocycles. The summed E-state index contributed by atoms with van der Waals surface area (Å²) in [5.74, 6) is 0.335. The maximum Gasteiger partial charge on any atom is 0.222 e. The Bertz CT molecular complexity index is 609. The summed E-state index contributed by atoms with van der Waals surface area (Å²) in [6.07, 6.45) is 0.587. The molecule has 128 valence electrons. The Morgan fingerprint density at radius 1 is 1.38 bits per heavy atom. The van der Waals surface area contributed by atoms with Crippen LogP contribution in [0.4, 0.5) is 0 Å². The number of hydrogen-bond acceptors (Lipinski definition) is 5. The first kappa shape index (κ1) is 17.8. The molecule has 1 aromatic rings. The third-order valence-corrected chi connectivity index (χ3v) is 3.65. The highest BCUT2D eigenvalue weighted by Crippen LogP contribution is 2.18. The molecule has 1 aliphatic rings. The van der Waals surface area contributed by atoms with Gasteiger partial charge in [-0.2, -0.15) is 5.26 Å². The van der Waals surface area contributed by atoms with E-state index in [1.54, 1.807) is 24.3 Å². The minimum absolute atomic E-state index is 0.135. The summed E-state index contributed by atoms with van der Waals surface area (Å²) < 4.78 is 11.3. The first-order chi connectivity index (χ1) is 11.6. The predicted molar refractivity (Wildman–Crippen MR) is 86.2 cm³/mol. The second-order valence-corrected chi connectivity index (χ2v) is 5.56. The Labute approximate surface area is 140 Å². The first-order valence-electron chi connectivity index (χ1n) is 7.87. The maximum atomic E-state index is 12.0. The van der Waals surface area contributed by atoms with Crippen LogP contribution in [0.5, 0.6) is 5.75 Å². The number of carbonyl (C=O) groups is 2. The predicted octanol–water partition coefficient (Wildman–Crippen LogP) is 0.737. The molecule has 0 saturated carbocycles. The van der Waals surface area contributed by atoms with Gasteiger partial charge in [0.15, 0.2) is 0 Å². The Hall–Kier alpha value is -2.59. The fourth-order valence-corrected chi connectivity index (χ4v) is 2.41. The van der Waals surface area contributed by atoms with Gasteiger partial charge in [-0.1, -0.05) is 0 Å². The van der Waals surface area contributed by atoms with Gasteiger partial charge < -0.3 is 20.1 Å². The average molecular weight is 331 g/mol. The van der Waals surface area contributed by atoms with Gasteiger partial charge in [0.1, 0.15) is 11.9 Å². The van der Waals surface area contributed by atoms with Gasteiger partial charge in [0.05, 0.1) is 24.3 Å². The van der Waals surface area contributed by atoms with E-state index in [9.17, 15) is 9.59 Å². The molecular formula is C17H21N3O4. The highest BCUT2D eigenvalue weighted by Gasteiger charge is 2.28. The standard InChI is InChI=1S/C17H21N3O4/c1-12(21)19-8-6-17(22)20-15-7-9-23-11-16(15)24-14-4-2-13(10-18)3-5-14/h2-5,15-16H,6-9,11H2,1H3,(H,19,21)(H,20,22). The Balaban J connectivity index is 1.88. The van der Waals surface area contributed by atoms with Crippen molar-refractivity contribution in [1.29, 1.82) is 5.26 Å². The monoisotopic (exact) mass is 331 g/mol. The van der Waals surface area contributed by atoms with E-state index in [2.05, 4.69) is 16.7 Å². The van der Waals surface area contributed by atoms with Crippen LogP contribution in [0.3, 0.4) is 0 Å². The van der Waals surface area contributed by atoms with E-state index in [1.807, 2.05) is 0 Å². The molecule has 0 aromatic heterocycles. The van der Waals surface area contributed by atoms with Gasteiger partial charge >= 0.3 is 0 Å². The lowest BCUT2D eigenvalue weighted by Gasteiger charge is -2.32. The molecule has 2 unspecified atom stereocenters. The topological polar surface area (TPSA) is 100 Å². The second kappa shape index (κ2) is 8.89. The molecule has 0 spiro atoms. The van der Waals surface area contributed by atoms with Crippen LogP contribution in [0.2, 0.25) is 0 Å². The third kappa shape index (κ3) is 5.56. The molecule has 2 amide bonds. The van der Waals surface area contributed by atoms with E-state index in [1.165, 1.54) is 6.92 Å². The van der Waals surface area contributed by atoms with E-state index in [0.29, 0.717) is 37.5 Å². The Kier molecular flexibility index (Phi) is 6.58. The fourth-order valence-electron chi connectivity index (χ4n) is 2.41. The van der Waals surface area contributed by atoms with E-state index < -0.39 is 0 Å². The molecule has 7 nitrogen and oxygen atoms in total. The lowest BCUT2D eigenvalue weighted by molar-refractivity contribution is -0.124. The number of carbonyl (C=O) groups excluding carboxylic acids is 2. The largest absolute Gasteiger partial charge is 0.486 e. The quantitative estimate of drug-likeness (QED) is 0.801. The normalized spacial score (nSPS) is 19.8. The fraction of sp³-hybridized carbons (Fsp3) is 0.471. The molecule has 7 heteroatoms. The molecule has 1 heterocycles. The van der Waals surface area contributed by atoms with Crippen molar-refractivity contribution in [2.24, 2.45) is 0 Å². The van der Waals surface area contributed by atoms with Crippen molar-refractivity contribution in [1.82, 2.24) is 10.6 Å². The number of hydrogen-bond donors (Lipinski definition) is 2. The van der Waals surface area contributed by atoms with Crippen molar-refractivity contribution in [2.45, 2.75) is 31.9 Å². The average Bonchev–Trinajstić information content (AvgIpc) is 2.57. The smallest absolute Gasteiger partial charge is 0.222 e. The summed E-state index contributed by atoms with van der Waals surface area (Å²) in [4.78, 5) is 22.8. The minimum atomic E-state index is -0.295. The van der Waals surface area contributed by atoms with Gasteiger partial charge in [-0.25, -0.2) is 0 Å². The first-order valence-corrected chi connectivity index (χ1v) is 7.87. The van der Waals surface area contributed by atoms with E-state index in [0.717, 1.165) is 0 Å². The summed E-state index contributed by atoms with van der Waals surface area (Å²) in [6, 6.07) is 8.71. The number of nitrogens with one attached hydrogen (secondary N) is 2. The molecule has 1 aromatic carbocycles. The second-order valence-electron chi connectivity index (χ2n) is 5.56. The van der Waals surface area contributed by atoms with Gasteiger partial charge in [-0.05, 0) is 30.7 Å². The summed E-state index contributed by atoms with van der Waals surface area (Å²) >= 11 is 0. The summed E-state index contributed by atoms with van der Waals surface area (Å²) in [5, 5.41) is 14.3. The lowest BCUT2D eigenvalue weighted by atomic mass is 10.1. The molecule has 0 bridgehead atoms. The van der Waals surface area contributed by atoms with Gasteiger partial charge in [0.2, 0.25) is 11.8 Å². The van der Waals surface area contributed by atoms with Crippen LogP contribution in [-0.2, 0) is 14.3 Å². The highest BCUT2D eigenvalue weighted by atomic mass is 16.5. The number of benzene rings is 1. The molecular weight excluding hydrogens is 310 g/mol. The van der Waals surface area contributed by atoms with Crippen LogP contribution in [0.1, 0.15) is 25.3 Å². The number of rotatable bonds is 6. The SMILES string of the molecule is CC(=O)NCCC(=O)NC1CCOCC1Oc1ccc(C#N)cc1. The van der Waals surface area contributed by atoms with Crippen molar-refractivity contribution in [3.8, 4) is 11.8 Å². The zero-order valence-corrected chi connectivity index (χ0v) is 13.6. The van der Waals surface area contributed by atoms with Crippen molar-refractivity contribution in [2.75, 3.05) is 19.8 Å². The number of amides is 2. The van der Waals surface area contributed by atoms with Crippen LogP contribution < -0.4 is 15.4 Å². The Morgan fingerprint density at radius 2 is 2.12 bits per heavy atom. The number of ether oxygens (including phenoxy) is 2. The zero-order valence-electron chi connectivity index (χ0n) is 13.6. The van der Waals surface area contributed by atoms with Gasteiger partial charge in [0, 0.05) is 26.5 Å². The molecule has 0 radical (unpaired) electrons. The molecule has 2 rings (SSSR count). The van der Waals surface area contributed by atoms with Crippen molar-refractivity contribution in [3.63, 3.8) is 0 Å². The van der Waals surface area contributed by atoms with Crippen LogP contribution in [0.15, 0.2) is 24.3 Å². The minimum Gasteiger partial charge on any atom is -0.486 e. The molecule has 2 atom stereocenters. The van der Waals surface area contributed by atoms with Gasteiger partial charge in [-0.3, -0.25) is 9.59 Å². The number of nitrogens with zero attached hydrogens (tertiary/aromatic N) is 1. The molecule has 2 N–H and O–H groups in total. The van der Waals surface area contributed by atoms with E-state index in [-0.39, 0.29) is 30.4 Å². The van der Waals surface area contributed by atoms with Gasteiger partial charge in [0.25, 0.3) is 0 Å². The van der Waals surface area contributed by atoms with E-state index >= 15 is 0 Å². The van der Waals surface area contributed by atoms with Crippen molar-refractivity contribution in [3.05, 3.63) is 29.8 Å². The lowest BCUT2D eigenvalue weighted by Crippen LogP contribution is -2.51. The zero-order chi connectivity index (χ0) is 17.4. The van der Waals surface area contributed by atoms with Crippen LogP contribution in [0, 0.1) is 11.3 Å². The molecule has 1 fully saturated rings. The van der Waals surface area contributed by atoms with Crippen molar-refractivity contribution < 1.29 is 19.1 Å². The van der Waals surface area contributed by atoms with E-state index in [4.69, 9.17) is 14.7 Å². The summed E-state index contributed by atoms with van der Waals surface area (Å²) in [7, 11) is 0. The molecule has 1 saturated heterocycles. The maximum absolute atomic E-state index is 12.0. The molecule has 24 heavy (non-hydrogen) atoms. The summed E-state index contributed by atoms with van der Waals surface area (Å²) in [5.41, 5.74) is 0.560. The number of nitriles is 1. The third-order valence-electron chi connectivity index (χ3n) is 3.65. The van der Waals surface area contributed by atoms with Crippen molar-refractivity contribution >= 4 is 11.8 Å². The van der Waals surface area contributed by atoms with Crippen LogP contribution in [0.25, 0.3) is 0 Å².